The first-order valence-corrected chi connectivity index (χ1v) is 8.72. The summed E-state index contributed by atoms with van der Waals surface area (Å²) >= 11 is 0. The van der Waals surface area contributed by atoms with Crippen molar-refractivity contribution in [3.05, 3.63) is 23.8 Å². The summed E-state index contributed by atoms with van der Waals surface area (Å²) in [6.07, 6.45) is 1.97. The zero-order chi connectivity index (χ0) is 15.5. The number of piperidine rings is 1. The van der Waals surface area contributed by atoms with Crippen molar-refractivity contribution >= 4 is 10.0 Å². The number of aryl methyl sites for hydroxylation is 1. The molecule has 1 N–H and O–H groups in total. The maximum absolute atomic E-state index is 12.9. The summed E-state index contributed by atoms with van der Waals surface area (Å²) in [5, 5.41) is 3.13. The van der Waals surface area contributed by atoms with Gasteiger partial charge in [-0.1, -0.05) is 6.07 Å². The Morgan fingerprint density at radius 3 is 2.86 bits per heavy atom. The minimum absolute atomic E-state index is 0.273. The average Bonchev–Trinajstić information content (AvgIpc) is 2.48. The summed E-state index contributed by atoms with van der Waals surface area (Å²) in [6.45, 7) is 3.88. The fraction of sp³-hybridized carbons (Fsp3) is 0.600. The molecule has 0 aliphatic carbocycles. The van der Waals surface area contributed by atoms with E-state index in [1.165, 1.54) is 7.11 Å². The van der Waals surface area contributed by atoms with Gasteiger partial charge in [0.05, 0.1) is 7.11 Å². The number of ether oxygens (including phenoxy) is 1. The van der Waals surface area contributed by atoms with Crippen LogP contribution in [-0.4, -0.2) is 46.5 Å². The number of hydrogen-bond acceptors (Lipinski definition) is 4. The van der Waals surface area contributed by atoms with Gasteiger partial charge in [0.15, 0.2) is 0 Å². The van der Waals surface area contributed by atoms with Crippen molar-refractivity contribution in [1.29, 1.82) is 0 Å². The van der Waals surface area contributed by atoms with Crippen LogP contribution in [0.3, 0.4) is 0 Å². The number of rotatable bonds is 5. The third-order valence-electron chi connectivity index (χ3n) is 3.91. The Hall–Kier alpha value is -1.11. The van der Waals surface area contributed by atoms with E-state index in [0.717, 1.165) is 24.9 Å². The monoisotopic (exact) mass is 312 g/mol. The molecule has 1 heterocycles. The first-order valence-electron chi connectivity index (χ1n) is 7.28. The van der Waals surface area contributed by atoms with Crippen LogP contribution in [0.5, 0.6) is 5.75 Å². The van der Waals surface area contributed by atoms with E-state index in [1.54, 1.807) is 16.4 Å². The second-order valence-corrected chi connectivity index (χ2v) is 7.49. The molecule has 0 amide bonds. The summed E-state index contributed by atoms with van der Waals surface area (Å²) in [5.41, 5.74) is 0.915. The maximum Gasteiger partial charge on any atom is 0.246 e. The van der Waals surface area contributed by atoms with Gasteiger partial charge in [0, 0.05) is 13.1 Å². The molecule has 1 aliphatic rings. The fourth-order valence-corrected chi connectivity index (χ4v) is 4.62. The highest BCUT2D eigenvalue weighted by molar-refractivity contribution is 7.89. The van der Waals surface area contributed by atoms with Crippen molar-refractivity contribution in [2.75, 3.05) is 33.8 Å². The van der Waals surface area contributed by atoms with Crippen molar-refractivity contribution in [3.63, 3.8) is 0 Å². The zero-order valence-electron chi connectivity index (χ0n) is 12.9. The normalized spacial score (nSPS) is 20.4. The Bertz CT molecular complexity index is 585. The Labute approximate surface area is 127 Å². The van der Waals surface area contributed by atoms with Gasteiger partial charge in [-0.15, -0.1) is 0 Å². The second kappa shape index (κ2) is 6.77. The van der Waals surface area contributed by atoms with Gasteiger partial charge < -0.3 is 10.1 Å². The Morgan fingerprint density at radius 2 is 2.19 bits per heavy atom. The van der Waals surface area contributed by atoms with Crippen molar-refractivity contribution < 1.29 is 13.2 Å². The first kappa shape index (κ1) is 16.3. The van der Waals surface area contributed by atoms with Crippen molar-refractivity contribution in [3.8, 4) is 5.75 Å². The van der Waals surface area contributed by atoms with E-state index in [9.17, 15) is 8.42 Å². The Kier molecular flexibility index (Phi) is 5.24. The van der Waals surface area contributed by atoms with Gasteiger partial charge >= 0.3 is 0 Å². The molecule has 0 aromatic heterocycles. The minimum Gasteiger partial charge on any atom is -0.495 e. The molecule has 0 spiro atoms. The molecule has 1 atom stereocenters. The average molecular weight is 312 g/mol. The van der Waals surface area contributed by atoms with Gasteiger partial charge in [-0.25, -0.2) is 8.42 Å². The number of methoxy groups -OCH3 is 1. The van der Waals surface area contributed by atoms with Crippen LogP contribution in [0.1, 0.15) is 18.4 Å². The number of nitrogens with one attached hydrogen (secondary N) is 1. The number of sulfonamides is 1. The topological polar surface area (TPSA) is 58.6 Å². The molecule has 2 rings (SSSR count). The van der Waals surface area contributed by atoms with Gasteiger partial charge in [-0.3, -0.25) is 0 Å². The van der Waals surface area contributed by atoms with E-state index in [4.69, 9.17) is 4.74 Å². The predicted molar refractivity (Wildman–Crippen MR) is 83.1 cm³/mol. The largest absolute Gasteiger partial charge is 0.495 e. The summed E-state index contributed by atoms with van der Waals surface area (Å²) in [6, 6.07) is 5.27. The number of hydrogen-bond donors (Lipinski definition) is 1. The minimum atomic E-state index is -3.50. The van der Waals surface area contributed by atoms with Crippen molar-refractivity contribution in [1.82, 2.24) is 9.62 Å². The van der Waals surface area contributed by atoms with Crippen LogP contribution in [0.4, 0.5) is 0 Å². The molecule has 1 saturated heterocycles. The predicted octanol–water partition coefficient (Wildman–Crippen LogP) is 1.62. The molecule has 1 aliphatic heterocycles. The molecule has 118 valence electrons. The van der Waals surface area contributed by atoms with Gasteiger partial charge in [0.1, 0.15) is 10.6 Å². The van der Waals surface area contributed by atoms with Crippen LogP contribution in [-0.2, 0) is 10.0 Å². The van der Waals surface area contributed by atoms with Crippen molar-refractivity contribution in [2.45, 2.75) is 24.7 Å². The third-order valence-corrected chi connectivity index (χ3v) is 5.80. The van der Waals surface area contributed by atoms with Crippen LogP contribution >= 0.6 is 0 Å². The molecule has 1 aromatic rings. The van der Waals surface area contributed by atoms with Crippen LogP contribution in [0.2, 0.25) is 0 Å². The van der Waals surface area contributed by atoms with E-state index in [0.29, 0.717) is 24.8 Å². The lowest BCUT2D eigenvalue weighted by Crippen LogP contribution is -2.42. The molecule has 6 heteroatoms. The molecule has 0 bridgehead atoms. The maximum atomic E-state index is 12.9. The van der Waals surface area contributed by atoms with Crippen molar-refractivity contribution in [2.24, 2.45) is 5.92 Å². The lowest BCUT2D eigenvalue weighted by molar-refractivity contribution is 0.262. The molecule has 5 nitrogen and oxygen atoms in total. The summed E-state index contributed by atoms with van der Waals surface area (Å²) in [7, 11) is -0.0945. The summed E-state index contributed by atoms with van der Waals surface area (Å²) < 4.78 is 32.6. The molecule has 0 unspecified atom stereocenters. The smallest absolute Gasteiger partial charge is 0.246 e. The van der Waals surface area contributed by atoms with Crippen LogP contribution in [0.15, 0.2) is 23.1 Å². The molecule has 1 aromatic carbocycles. The molecule has 1 fully saturated rings. The summed E-state index contributed by atoms with van der Waals surface area (Å²) in [5.74, 6) is 0.783. The lowest BCUT2D eigenvalue weighted by atomic mass is 10.00. The highest BCUT2D eigenvalue weighted by Gasteiger charge is 2.32. The van der Waals surface area contributed by atoms with E-state index < -0.39 is 10.0 Å². The Balaban J connectivity index is 2.31. The van der Waals surface area contributed by atoms with Crippen LogP contribution in [0, 0.1) is 12.8 Å². The van der Waals surface area contributed by atoms with E-state index in [-0.39, 0.29) is 4.90 Å². The van der Waals surface area contributed by atoms with Gasteiger partial charge in [-0.2, -0.15) is 4.31 Å². The van der Waals surface area contributed by atoms with E-state index in [1.807, 2.05) is 20.0 Å². The highest BCUT2D eigenvalue weighted by Crippen LogP contribution is 2.30. The quantitative estimate of drug-likeness (QED) is 0.898. The SMILES string of the molecule is CNC[C@@H]1CCCN(S(=O)(=O)c2cc(C)ccc2OC)C1. The van der Waals surface area contributed by atoms with Gasteiger partial charge in [0.25, 0.3) is 0 Å². The number of nitrogens with zero attached hydrogens (tertiary/aromatic N) is 1. The fourth-order valence-electron chi connectivity index (χ4n) is 2.83. The zero-order valence-corrected chi connectivity index (χ0v) is 13.7. The van der Waals surface area contributed by atoms with E-state index >= 15 is 0 Å². The molecule has 0 radical (unpaired) electrons. The highest BCUT2D eigenvalue weighted by atomic mass is 32.2. The molecular weight excluding hydrogens is 288 g/mol. The summed E-state index contributed by atoms with van der Waals surface area (Å²) in [4.78, 5) is 0.273. The standard InChI is InChI=1S/C15H24N2O3S/c1-12-6-7-14(20-3)15(9-12)21(18,19)17-8-4-5-13(11-17)10-16-2/h6-7,9,13,16H,4-5,8,10-11H2,1-3H3/t13-/m0/s1. The molecule has 21 heavy (non-hydrogen) atoms. The van der Waals surface area contributed by atoms with Gasteiger partial charge in [0.2, 0.25) is 10.0 Å². The third kappa shape index (κ3) is 3.56. The molecular formula is C15H24N2O3S. The number of benzene rings is 1. The molecule has 0 saturated carbocycles. The van der Waals surface area contributed by atoms with E-state index in [2.05, 4.69) is 5.32 Å². The van der Waals surface area contributed by atoms with Gasteiger partial charge in [-0.05, 0) is 57.0 Å². The Morgan fingerprint density at radius 1 is 1.43 bits per heavy atom. The van der Waals surface area contributed by atoms with Crippen LogP contribution < -0.4 is 10.1 Å². The van der Waals surface area contributed by atoms with Crippen LogP contribution in [0.25, 0.3) is 0 Å². The first-order chi connectivity index (χ1) is 9.98. The lowest BCUT2D eigenvalue weighted by Gasteiger charge is -2.32. The second-order valence-electron chi connectivity index (χ2n) is 5.58.